The van der Waals surface area contributed by atoms with Crippen LogP contribution in [0.15, 0.2) is 28.8 Å². The van der Waals surface area contributed by atoms with E-state index in [9.17, 15) is 0 Å². The highest BCUT2D eigenvalue weighted by Gasteiger charge is 2.35. The SMILES string of the molecule is COc1ccc(-c2noc(CN3C[C@@H]4CCC[C@H]3C4)n2)cc1. The highest BCUT2D eigenvalue weighted by Crippen LogP contribution is 2.36. The smallest absolute Gasteiger partial charge is 0.241 e. The van der Waals surface area contributed by atoms with E-state index in [-0.39, 0.29) is 0 Å². The van der Waals surface area contributed by atoms with Crippen molar-refractivity contribution in [2.75, 3.05) is 13.7 Å². The van der Waals surface area contributed by atoms with Gasteiger partial charge in [-0.05, 0) is 49.4 Å². The zero-order valence-corrected chi connectivity index (χ0v) is 12.9. The predicted molar refractivity (Wildman–Crippen MR) is 82.4 cm³/mol. The topological polar surface area (TPSA) is 51.4 Å². The van der Waals surface area contributed by atoms with Crippen molar-refractivity contribution in [3.63, 3.8) is 0 Å². The summed E-state index contributed by atoms with van der Waals surface area (Å²) in [6.45, 7) is 1.97. The first kappa shape index (κ1) is 13.8. The van der Waals surface area contributed by atoms with Crippen LogP contribution in [0, 0.1) is 5.92 Å². The summed E-state index contributed by atoms with van der Waals surface area (Å²) in [5.74, 6) is 3.08. The summed E-state index contributed by atoms with van der Waals surface area (Å²) in [7, 11) is 1.66. The molecule has 1 saturated carbocycles. The maximum atomic E-state index is 5.45. The highest BCUT2D eigenvalue weighted by molar-refractivity contribution is 5.55. The number of rotatable bonds is 4. The molecule has 0 spiro atoms. The fourth-order valence-corrected chi connectivity index (χ4v) is 3.78. The lowest BCUT2D eigenvalue weighted by Gasteiger charge is -2.22. The van der Waals surface area contributed by atoms with Crippen LogP contribution in [0.3, 0.4) is 0 Å². The summed E-state index contributed by atoms with van der Waals surface area (Å²) in [6.07, 6.45) is 5.41. The lowest BCUT2D eigenvalue weighted by atomic mass is 9.90. The van der Waals surface area contributed by atoms with Crippen molar-refractivity contribution in [2.24, 2.45) is 5.92 Å². The van der Waals surface area contributed by atoms with Gasteiger partial charge in [0.2, 0.25) is 11.7 Å². The molecule has 2 heterocycles. The van der Waals surface area contributed by atoms with Gasteiger partial charge in [-0.15, -0.1) is 0 Å². The zero-order valence-electron chi connectivity index (χ0n) is 12.9. The van der Waals surface area contributed by atoms with Crippen LogP contribution >= 0.6 is 0 Å². The summed E-state index contributed by atoms with van der Waals surface area (Å²) >= 11 is 0. The second-order valence-corrected chi connectivity index (χ2v) is 6.36. The van der Waals surface area contributed by atoms with Crippen LogP contribution in [0.2, 0.25) is 0 Å². The molecule has 116 valence electrons. The molecule has 1 aromatic carbocycles. The van der Waals surface area contributed by atoms with Gasteiger partial charge in [-0.25, -0.2) is 0 Å². The largest absolute Gasteiger partial charge is 0.497 e. The van der Waals surface area contributed by atoms with Crippen molar-refractivity contribution >= 4 is 0 Å². The quantitative estimate of drug-likeness (QED) is 0.868. The number of hydrogen-bond acceptors (Lipinski definition) is 5. The summed E-state index contributed by atoms with van der Waals surface area (Å²) in [4.78, 5) is 7.07. The van der Waals surface area contributed by atoms with Crippen molar-refractivity contribution in [1.82, 2.24) is 15.0 Å². The van der Waals surface area contributed by atoms with Gasteiger partial charge in [-0.2, -0.15) is 4.98 Å². The molecule has 2 atom stereocenters. The molecule has 2 fully saturated rings. The number of benzene rings is 1. The molecule has 0 N–H and O–H groups in total. The van der Waals surface area contributed by atoms with Gasteiger partial charge < -0.3 is 9.26 Å². The molecule has 5 nitrogen and oxygen atoms in total. The van der Waals surface area contributed by atoms with Gasteiger partial charge >= 0.3 is 0 Å². The van der Waals surface area contributed by atoms with Crippen molar-refractivity contribution in [2.45, 2.75) is 38.3 Å². The zero-order chi connectivity index (χ0) is 14.9. The molecule has 4 rings (SSSR count). The van der Waals surface area contributed by atoms with E-state index in [4.69, 9.17) is 9.26 Å². The Kier molecular flexibility index (Phi) is 3.58. The minimum absolute atomic E-state index is 0.653. The Balaban J connectivity index is 1.47. The fourth-order valence-electron chi connectivity index (χ4n) is 3.78. The molecule has 5 heteroatoms. The van der Waals surface area contributed by atoms with E-state index in [1.807, 2.05) is 24.3 Å². The third kappa shape index (κ3) is 2.61. The molecular formula is C17H21N3O2. The Morgan fingerprint density at radius 1 is 1.27 bits per heavy atom. The second-order valence-electron chi connectivity index (χ2n) is 6.36. The van der Waals surface area contributed by atoms with Gasteiger partial charge in [0, 0.05) is 18.2 Å². The van der Waals surface area contributed by atoms with Crippen LogP contribution in [0.1, 0.15) is 31.6 Å². The van der Waals surface area contributed by atoms with Gasteiger partial charge in [-0.3, -0.25) is 4.90 Å². The number of fused-ring (bicyclic) bond motifs is 2. The molecule has 22 heavy (non-hydrogen) atoms. The molecular weight excluding hydrogens is 278 g/mol. The van der Waals surface area contributed by atoms with Crippen LogP contribution < -0.4 is 4.74 Å². The summed E-state index contributed by atoms with van der Waals surface area (Å²) in [5, 5.41) is 4.12. The van der Waals surface area contributed by atoms with E-state index in [0.717, 1.165) is 35.7 Å². The molecule has 1 saturated heterocycles. The van der Waals surface area contributed by atoms with Crippen LogP contribution in [-0.2, 0) is 6.54 Å². The molecule has 2 aromatic rings. The third-order valence-electron chi connectivity index (χ3n) is 4.92. The Hall–Kier alpha value is -1.88. The first-order chi connectivity index (χ1) is 10.8. The molecule has 1 aromatic heterocycles. The molecule has 2 aliphatic rings. The molecule has 2 bridgehead atoms. The number of nitrogens with zero attached hydrogens (tertiary/aromatic N) is 3. The normalized spacial score (nSPS) is 24.6. The van der Waals surface area contributed by atoms with Crippen molar-refractivity contribution in [3.8, 4) is 17.1 Å². The standard InChI is InChI=1S/C17H21N3O2/c1-21-15-7-5-13(6-8-15)17-18-16(22-19-17)11-20-10-12-3-2-4-14(20)9-12/h5-8,12,14H,2-4,9-11H2,1H3/t12-,14+/m1/s1. The Morgan fingerprint density at radius 3 is 2.91 bits per heavy atom. The van der Waals surface area contributed by atoms with Crippen molar-refractivity contribution < 1.29 is 9.26 Å². The first-order valence-electron chi connectivity index (χ1n) is 8.03. The molecule has 0 amide bonds. The number of aromatic nitrogens is 2. The third-order valence-corrected chi connectivity index (χ3v) is 4.92. The number of ether oxygens (including phenoxy) is 1. The number of likely N-dealkylation sites (tertiary alicyclic amines) is 1. The van der Waals surface area contributed by atoms with E-state index < -0.39 is 0 Å². The van der Waals surface area contributed by atoms with Gasteiger partial charge in [0.15, 0.2) is 0 Å². The van der Waals surface area contributed by atoms with Crippen molar-refractivity contribution in [3.05, 3.63) is 30.2 Å². The van der Waals surface area contributed by atoms with Crippen LogP contribution in [0.4, 0.5) is 0 Å². The lowest BCUT2D eigenvalue weighted by Crippen LogP contribution is -2.28. The van der Waals surface area contributed by atoms with Crippen LogP contribution in [0.5, 0.6) is 5.75 Å². The fraction of sp³-hybridized carbons (Fsp3) is 0.529. The lowest BCUT2D eigenvalue weighted by molar-refractivity contribution is 0.205. The molecule has 0 radical (unpaired) electrons. The molecule has 0 unspecified atom stereocenters. The maximum Gasteiger partial charge on any atom is 0.241 e. The average Bonchev–Trinajstić information content (AvgIpc) is 3.13. The van der Waals surface area contributed by atoms with E-state index >= 15 is 0 Å². The summed E-state index contributed by atoms with van der Waals surface area (Å²) < 4.78 is 10.6. The minimum Gasteiger partial charge on any atom is -0.497 e. The number of methoxy groups -OCH3 is 1. The average molecular weight is 299 g/mol. The van der Waals surface area contributed by atoms with Crippen LogP contribution in [0.25, 0.3) is 11.4 Å². The molecule has 1 aliphatic heterocycles. The Morgan fingerprint density at radius 2 is 2.14 bits per heavy atom. The first-order valence-corrected chi connectivity index (χ1v) is 8.03. The second kappa shape index (κ2) is 5.72. The predicted octanol–water partition coefficient (Wildman–Crippen LogP) is 3.12. The van der Waals surface area contributed by atoms with E-state index in [1.165, 1.54) is 32.2 Å². The van der Waals surface area contributed by atoms with E-state index in [1.54, 1.807) is 7.11 Å². The Labute approximate surface area is 130 Å². The van der Waals surface area contributed by atoms with E-state index in [0.29, 0.717) is 5.82 Å². The van der Waals surface area contributed by atoms with Gasteiger partial charge in [0.1, 0.15) is 5.75 Å². The summed E-state index contributed by atoms with van der Waals surface area (Å²) in [5.41, 5.74) is 0.955. The van der Waals surface area contributed by atoms with E-state index in [2.05, 4.69) is 15.0 Å². The highest BCUT2D eigenvalue weighted by atomic mass is 16.5. The molecule has 1 aliphatic carbocycles. The van der Waals surface area contributed by atoms with Crippen molar-refractivity contribution in [1.29, 1.82) is 0 Å². The van der Waals surface area contributed by atoms with Gasteiger partial charge in [0.05, 0.1) is 13.7 Å². The summed E-state index contributed by atoms with van der Waals surface area (Å²) in [6, 6.07) is 8.45. The van der Waals surface area contributed by atoms with Gasteiger partial charge in [-0.1, -0.05) is 11.6 Å². The minimum atomic E-state index is 0.653. The monoisotopic (exact) mass is 299 g/mol. The van der Waals surface area contributed by atoms with Crippen LogP contribution in [-0.4, -0.2) is 34.7 Å². The maximum absolute atomic E-state index is 5.45. The Bertz CT molecular complexity index is 638. The number of hydrogen-bond donors (Lipinski definition) is 0. The van der Waals surface area contributed by atoms with Gasteiger partial charge in [0.25, 0.3) is 0 Å².